The van der Waals surface area contributed by atoms with Crippen molar-refractivity contribution in [1.29, 1.82) is 5.26 Å². The third-order valence-corrected chi connectivity index (χ3v) is 4.62. The normalized spacial score (nSPS) is 10.3. The van der Waals surface area contributed by atoms with Crippen LogP contribution in [0.5, 0.6) is 0 Å². The summed E-state index contributed by atoms with van der Waals surface area (Å²) in [6.45, 7) is -0.274. The zero-order chi connectivity index (χ0) is 15.3. The summed E-state index contributed by atoms with van der Waals surface area (Å²) >= 11 is 1.06. The van der Waals surface area contributed by atoms with E-state index in [0.29, 0.717) is 10.4 Å². The Morgan fingerprint density at radius 1 is 1.33 bits per heavy atom. The zero-order valence-corrected chi connectivity index (χ0v) is 12.2. The van der Waals surface area contributed by atoms with E-state index in [0.717, 1.165) is 11.3 Å². The van der Waals surface area contributed by atoms with Gasteiger partial charge in [-0.1, -0.05) is 23.2 Å². The molecule has 2 rings (SSSR count). The lowest BCUT2D eigenvalue weighted by atomic mass is 10.2. The Labute approximate surface area is 125 Å². The molecule has 1 heterocycles. The second-order valence-corrected chi connectivity index (χ2v) is 6.44. The maximum Gasteiger partial charge on any atom is 0.263 e. The predicted molar refractivity (Wildman–Crippen MR) is 78.0 cm³/mol. The summed E-state index contributed by atoms with van der Waals surface area (Å²) in [4.78, 5) is 4.49. The fourth-order valence-electron chi connectivity index (χ4n) is 1.39. The number of aliphatic hydroxyl groups excluding tert-OH is 1. The van der Waals surface area contributed by atoms with Crippen LogP contribution in [-0.2, 0) is 10.0 Å². The van der Waals surface area contributed by atoms with Gasteiger partial charge in [0.2, 0.25) is 0 Å². The highest BCUT2D eigenvalue weighted by molar-refractivity contribution is 7.93. The molecule has 6 nitrogen and oxygen atoms in total. The molecule has 1 aromatic carbocycles. The highest BCUT2D eigenvalue weighted by Gasteiger charge is 2.15. The van der Waals surface area contributed by atoms with Crippen LogP contribution in [0, 0.1) is 23.2 Å². The molecule has 0 atom stereocenters. The number of aliphatic hydroxyl groups is 1. The number of aromatic nitrogens is 1. The van der Waals surface area contributed by atoms with E-state index < -0.39 is 10.0 Å². The van der Waals surface area contributed by atoms with Crippen molar-refractivity contribution in [2.45, 2.75) is 4.90 Å². The van der Waals surface area contributed by atoms with E-state index >= 15 is 0 Å². The van der Waals surface area contributed by atoms with Gasteiger partial charge in [0.1, 0.15) is 6.61 Å². The number of benzene rings is 1. The van der Waals surface area contributed by atoms with Gasteiger partial charge < -0.3 is 5.11 Å². The van der Waals surface area contributed by atoms with E-state index in [1.54, 1.807) is 0 Å². The third kappa shape index (κ3) is 3.80. The topological polar surface area (TPSA) is 103 Å². The lowest BCUT2D eigenvalue weighted by Crippen LogP contribution is -2.12. The van der Waals surface area contributed by atoms with E-state index in [1.165, 1.54) is 30.5 Å². The van der Waals surface area contributed by atoms with Gasteiger partial charge in [0.15, 0.2) is 5.13 Å². The molecule has 0 bridgehead atoms. The van der Waals surface area contributed by atoms with Crippen LogP contribution >= 0.6 is 11.3 Å². The first-order valence-corrected chi connectivity index (χ1v) is 7.93. The standard InChI is InChI=1S/C13H9N3O3S2/c14-8-10-3-5-12(6-4-10)21(18,19)16-13-15-9-11(20-13)2-1-7-17/h3-6,9,17H,7H2,(H,15,16). The molecule has 0 amide bonds. The Morgan fingerprint density at radius 3 is 2.67 bits per heavy atom. The van der Waals surface area contributed by atoms with Gasteiger partial charge in [0, 0.05) is 0 Å². The maximum absolute atomic E-state index is 12.1. The molecule has 0 aliphatic rings. The van der Waals surface area contributed by atoms with E-state index in [1.807, 2.05) is 6.07 Å². The SMILES string of the molecule is N#Cc1ccc(S(=O)(=O)Nc2ncc(C#CCO)s2)cc1. The highest BCUT2D eigenvalue weighted by Crippen LogP contribution is 2.21. The van der Waals surface area contributed by atoms with Gasteiger partial charge >= 0.3 is 0 Å². The minimum Gasteiger partial charge on any atom is -0.384 e. The Kier molecular flexibility index (Phi) is 4.55. The molecule has 1 aromatic heterocycles. The molecule has 0 spiro atoms. The molecule has 0 unspecified atom stereocenters. The molecular weight excluding hydrogens is 310 g/mol. The summed E-state index contributed by atoms with van der Waals surface area (Å²) < 4.78 is 26.6. The largest absolute Gasteiger partial charge is 0.384 e. The number of rotatable bonds is 3. The van der Waals surface area contributed by atoms with Crippen molar-refractivity contribution >= 4 is 26.5 Å². The van der Waals surface area contributed by atoms with E-state index in [9.17, 15) is 8.42 Å². The fraction of sp³-hybridized carbons (Fsp3) is 0.0769. The molecule has 21 heavy (non-hydrogen) atoms. The lowest BCUT2D eigenvalue weighted by molar-refractivity contribution is 0.350. The third-order valence-electron chi connectivity index (χ3n) is 2.31. The minimum atomic E-state index is -3.75. The number of thiazole rings is 1. The molecule has 106 valence electrons. The highest BCUT2D eigenvalue weighted by atomic mass is 32.2. The van der Waals surface area contributed by atoms with Crippen LogP contribution in [0.25, 0.3) is 0 Å². The van der Waals surface area contributed by atoms with Crippen LogP contribution in [0.4, 0.5) is 5.13 Å². The van der Waals surface area contributed by atoms with E-state index in [2.05, 4.69) is 21.5 Å². The van der Waals surface area contributed by atoms with Crippen LogP contribution in [0.2, 0.25) is 0 Å². The molecule has 0 aliphatic carbocycles. The number of anilines is 1. The van der Waals surface area contributed by atoms with Crippen LogP contribution in [-0.4, -0.2) is 25.1 Å². The van der Waals surface area contributed by atoms with Crippen molar-refractivity contribution in [1.82, 2.24) is 4.98 Å². The van der Waals surface area contributed by atoms with Crippen molar-refractivity contribution in [3.05, 3.63) is 40.9 Å². The van der Waals surface area contributed by atoms with Crippen molar-refractivity contribution in [3.8, 4) is 17.9 Å². The summed E-state index contributed by atoms with van der Waals surface area (Å²) in [5.74, 6) is 5.09. The summed E-state index contributed by atoms with van der Waals surface area (Å²) in [6, 6.07) is 7.46. The van der Waals surface area contributed by atoms with Gasteiger partial charge in [-0.25, -0.2) is 13.4 Å². The van der Waals surface area contributed by atoms with Crippen molar-refractivity contribution in [2.24, 2.45) is 0 Å². The zero-order valence-electron chi connectivity index (χ0n) is 10.6. The molecule has 0 fully saturated rings. The summed E-state index contributed by atoms with van der Waals surface area (Å²) in [5, 5.41) is 17.5. The van der Waals surface area contributed by atoms with E-state index in [4.69, 9.17) is 10.4 Å². The van der Waals surface area contributed by atoms with Gasteiger partial charge in [-0.2, -0.15) is 5.26 Å². The van der Waals surface area contributed by atoms with Crippen LogP contribution in [0.3, 0.4) is 0 Å². The lowest BCUT2D eigenvalue weighted by Gasteiger charge is -2.04. The Morgan fingerprint density at radius 2 is 2.05 bits per heavy atom. The Balaban J connectivity index is 2.20. The first kappa shape index (κ1) is 15.0. The van der Waals surface area contributed by atoms with Gasteiger partial charge in [-0.3, -0.25) is 4.72 Å². The summed E-state index contributed by atoms with van der Waals surface area (Å²) in [6.07, 6.45) is 1.42. The molecule has 0 aliphatic heterocycles. The Bertz CT molecular complexity index is 837. The summed E-state index contributed by atoms with van der Waals surface area (Å²) in [5.41, 5.74) is 0.379. The molecular formula is C13H9N3O3S2. The summed E-state index contributed by atoms with van der Waals surface area (Å²) in [7, 11) is -3.75. The van der Waals surface area contributed by atoms with Crippen molar-refractivity contribution in [2.75, 3.05) is 11.3 Å². The molecule has 8 heteroatoms. The van der Waals surface area contributed by atoms with Crippen LogP contribution in [0.1, 0.15) is 10.4 Å². The first-order valence-electron chi connectivity index (χ1n) is 5.64. The molecule has 0 saturated carbocycles. The number of nitriles is 1. The van der Waals surface area contributed by atoms with E-state index in [-0.39, 0.29) is 16.6 Å². The quantitative estimate of drug-likeness (QED) is 0.826. The molecule has 0 radical (unpaired) electrons. The minimum absolute atomic E-state index is 0.0414. The number of sulfonamides is 1. The number of hydrogen-bond acceptors (Lipinski definition) is 6. The number of hydrogen-bond donors (Lipinski definition) is 2. The first-order chi connectivity index (χ1) is 10.0. The predicted octanol–water partition coefficient (Wildman–Crippen LogP) is 1.16. The van der Waals surface area contributed by atoms with Gasteiger partial charge in [0.25, 0.3) is 10.0 Å². The maximum atomic E-state index is 12.1. The monoisotopic (exact) mass is 319 g/mol. The molecule has 2 aromatic rings. The Hall–Kier alpha value is -2.39. The van der Waals surface area contributed by atoms with Gasteiger partial charge in [-0.05, 0) is 24.3 Å². The molecule has 0 saturated heterocycles. The second-order valence-electron chi connectivity index (χ2n) is 3.73. The number of nitrogens with zero attached hydrogens (tertiary/aromatic N) is 2. The second kappa shape index (κ2) is 6.37. The smallest absolute Gasteiger partial charge is 0.263 e. The average molecular weight is 319 g/mol. The van der Waals surface area contributed by atoms with Crippen LogP contribution < -0.4 is 4.72 Å². The number of nitrogens with one attached hydrogen (secondary N) is 1. The van der Waals surface area contributed by atoms with Gasteiger partial charge in [0.05, 0.1) is 27.6 Å². The van der Waals surface area contributed by atoms with Crippen molar-refractivity contribution in [3.63, 3.8) is 0 Å². The van der Waals surface area contributed by atoms with Gasteiger partial charge in [-0.15, -0.1) is 0 Å². The van der Waals surface area contributed by atoms with Crippen molar-refractivity contribution < 1.29 is 13.5 Å². The average Bonchev–Trinajstić information content (AvgIpc) is 2.92. The fourth-order valence-corrected chi connectivity index (χ4v) is 3.32. The molecule has 2 N–H and O–H groups in total. The van der Waals surface area contributed by atoms with Crippen LogP contribution in [0.15, 0.2) is 35.4 Å².